The summed E-state index contributed by atoms with van der Waals surface area (Å²) in [4.78, 5) is 15.8. The van der Waals surface area contributed by atoms with E-state index < -0.39 is 5.82 Å². The smallest absolute Gasteiger partial charge is 0.177 e. The Hall–Kier alpha value is -3.98. The summed E-state index contributed by atoms with van der Waals surface area (Å²) in [7, 11) is 0. The number of aromatic nitrogens is 5. The number of aromatic amines is 1. The zero-order chi connectivity index (χ0) is 24.4. The molecule has 180 valence electrons. The van der Waals surface area contributed by atoms with E-state index in [2.05, 4.69) is 25.1 Å². The molecule has 2 aromatic carbocycles. The van der Waals surface area contributed by atoms with Crippen molar-refractivity contribution in [3.63, 3.8) is 0 Å². The molecule has 2 aliphatic rings. The number of H-pyrrole nitrogens is 1. The lowest BCUT2D eigenvalue weighted by molar-refractivity contribution is 0.533. The van der Waals surface area contributed by atoms with Gasteiger partial charge in [-0.2, -0.15) is 5.10 Å². The molecule has 0 spiro atoms. The van der Waals surface area contributed by atoms with Crippen LogP contribution in [0, 0.1) is 23.5 Å². The number of pyridine rings is 1. The van der Waals surface area contributed by atoms with Crippen LogP contribution >= 0.6 is 0 Å². The first-order valence-corrected chi connectivity index (χ1v) is 12.1. The van der Waals surface area contributed by atoms with Crippen LogP contribution in [0.5, 0.6) is 0 Å². The Kier molecular flexibility index (Phi) is 4.59. The number of anilines is 1. The van der Waals surface area contributed by atoms with Crippen molar-refractivity contribution in [1.82, 2.24) is 25.1 Å². The Labute approximate surface area is 205 Å². The summed E-state index contributed by atoms with van der Waals surface area (Å²) in [6.07, 6.45) is 4.25. The second-order valence-electron chi connectivity index (χ2n) is 9.70. The summed E-state index contributed by atoms with van der Waals surface area (Å²) < 4.78 is 29.6. The minimum Gasteiger partial charge on any atom is -0.355 e. The summed E-state index contributed by atoms with van der Waals surface area (Å²) in [5.41, 5.74) is 8.96. The van der Waals surface area contributed by atoms with Gasteiger partial charge in [0.1, 0.15) is 28.7 Å². The van der Waals surface area contributed by atoms with E-state index in [0.29, 0.717) is 46.2 Å². The number of fused-ring (bicyclic) bond motifs is 3. The van der Waals surface area contributed by atoms with Crippen LogP contribution < -0.4 is 10.6 Å². The standard InChI is InChI=1S/C27H23F2N7/c28-20-6-2-1-5-18(20)27(14-30)17-7-9-36(13-19(17)27)23-12-32-25-24(34-35-26(25)33-23)16-10-15-4-3-8-31-22(15)11-21(16)29/h1-6,8,10-12,17,19H,7,9,13-14,30H2,(H,33,34,35)/t17-,19+,27-/m1/s1. The predicted molar refractivity (Wildman–Crippen MR) is 133 cm³/mol. The van der Waals surface area contributed by atoms with Crippen LogP contribution in [-0.4, -0.2) is 44.8 Å². The zero-order valence-corrected chi connectivity index (χ0v) is 19.3. The second-order valence-corrected chi connectivity index (χ2v) is 9.70. The Morgan fingerprint density at radius 1 is 1.06 bits per heavy atom. The Balaban J connectivity index is 1.20. The number of nitrogens with one attached hydrogen (secondary N) is 1. The molecular formula is C27H23F2N7. The van der Waals surface area contributed by atoms with Crippen LogP contribution in [0.4, 0.5) is 14.6 Å². The van der Waals surface area contributed by atoms with Gasteiger partial charge in [0.25, 0.3) is 0 Å². The molecule has 2 fully saturated rings. The molecule has 0 radical (unpaired) electrons. The van der Waals surface area contributed by atoms with Crippen molar-refractivity contribution < 1.29 is 8.78 Å². The molecule has 9 heteroatoms. The van der Waals surface area contributed by atoms with Gasteiger partial charge in [0, 0.05) is 48.3 Å². The number of hydrogen-bond acceptors (Lipinski definition) is 6. The largest absolute Gasteiger partial charge is 0.355 e. The second kappa shape index (κ2) is 7.76. The maximum absolute atomic E-state index is 14.9. The van der Waals surface area contributed by atoms with Crippen LogP contribution in [-0.2, 0) is 5.41 Å². The maximum Gasteiger partial charge on any atom is 0.177 e. The van der Waals surface area contributed by atoms with Gasteiger partial charge >= 0.3 is 0 Å². The number of benzene rings is 2. The highest BCUT2D eigenvalue weighted by Gasteiger charge is 2.66. The fraction of sp³-hybridized carbons (Fsp3) is 0.259. The molecule has 4 heterocycles. The predicted octanol–water partition coefficient (Wildman–Crippen LogP) is 4.20. The normalized spacial score (nSPS) is 23.2. The van der Waals surface area contributed by atoms with Gasteiger partial charge in [-0.05, 0) is 42.0 Å². The molecule has 0 unspecified atom stereocenters. The highest BCUT2D eigenvalue weighted by atomic mass is 19.1. The van der Waals surface area contributed by atoms with Crippen molar-refractivity contribution in [2.75, 3.05) is 24.5 Å². The van der Waals surface area contributed by atoms with E-state index in [4.69, 9.17) is 10.7 Å². The van der Waals surface area contributed by atoms with E-state index in [1.165, 1.54) is 12.1 Å². The fourth-order valence-corrected chi connectivity index (χ4v) is 6.25. The Morgan fingerprint density at radius 3 is 2.81 bits per heavy atom. The van der Waals surface area contributed by atoms with Crippen LogP contribution in [0.1, 0.15) is 12.0 Å². The number of rotatable bonds is 4. The monoisotopic (exact) mass is 483 g/mol. The van der Waals surface area contributed by atoms with Crippen LogP contribution in [0.15, 0.2) is 60.9 Å². The van der Waals surface area contributed by atoms with Crippen LogP contribution in [0.3, 0.4) is 0 Å². The van der Waals surface area contributed by atoms with Gasteiger partial charge in [0.2, 0.25) is 0 Å². The van der Waals surface area contributed by atoms with Gasteiger partial charge in [-0.3, -0.25) is 10.1 Å². The average Bonchev–Trinajstić information content (AvgIpc) is 3.37. The van der Waals surface area contributed by atoms with Crippen molar-refractivity contribution in [2.45, 2.75) is 11.8 Å². The van der Waals surface area contributed by atoms with Crippen molar-refractivity contribution in [3.05, 3.63) is 78.1 Å². The first-order valence-electron chi connectivity index (χ1n) is 12.1. The van der Waals surface area contributed by atoms with E-state index >= 15 is 0 Å². The van der Waals surface area contributed by atoms with E-state index in [0.717, 1.165) is 30.5 Å². The van der Waals surface area contributed by atoms with Gasteiger partial charge in [-0.25, -0.2) is 18.7 Å². The molecule has 3 N–H and O–H groups in total. The highest BCUT2D eigenvalue weighted by Crippen LogP contribution is 2.63. The quantitative estimate of drug-likeness (QED) is 0.398. The van der Waals surface area contributed by atoms with Gasteiger partial charge in [0.15, 0.2) is 5.65 Å². The molecule has 1 aliphatic heterocycles. The third-order valence-electron chi connectivity index (χ3n) is 8.07. The van der Waals surface area contributed by atoms with Gasteiger partial charge in [-0.1, -0.05) is 24.3 Å². The molecule has 7 rings (SSSR count). The SMILES string of the molecule is NC[C@]1(c2ccccc2F)[C@@H]2CCN(c3cnc4c(-c5cc6cccnc6cc5F)n[nH]c4n3)C[C@@H]21. The Morgan fingerprint density at radius 2 is 1.94 bits per heavy atom. The molecule has 0 bridgehead atoms. The van der Waals surface area contributed by atoms with Crippen molar-refractivity contribution in [1.29, 1.82) is 0 Å². The molecule has 7 nitrogen and oxygen atoms in total. The summed E-state index contributed by atoms with van der Waals surface area (Å²) in [6, 6.07) is 13.8. The van der Waals surface area contributed by atoms with Crippen molar-refractivity contribution in [2.24, 2.45) is 17.6 Å². The molecule has 5 aromatic rings. The van der Waals surface area contributed by atoms with Crippen LogP contribution in [0.2, 0.25) is 0 Å². The summed E-state index contributed by atoms with van der Waals surface area (Å²) in [5, 5.41) is 8.08. The molecule has 3 aromatic heterocycles. The first kappa shape index (κ1) is 21.3. The third-order valence-corrected chi connectivity index (χ3v) is 8.07. The molecular weight excluding hydrogens is 460 g/mol. The van der Waals surface area contributed by atoms with Crippen LogP contribution in [0.25, 0.3) is 33.3 Å². The molecule has 3 atom stereocenters. The number of halogens is 2. The lowest BCUT2D eigenvalue weighted by Gasteiger charge is -2.26. The minimum atomic E-state index is -0.414. The fourth-order valence-electron chi connectivity index (χ4n) is 6.25. The summed E-state index contributed by atoms with van der Waals surface area (Å²) >= 11 is 0. The average molecular weight is 484 g/mol. The van der Waals surface area contributed by atoms with Gasteiger partial charge in [-0.15, -0.1) is 0 Å². The topological polar surface area (TPSA) is 96.6 Å². The number of hydrogen-bond donors (Lipinski definition) is 2. The van der Waals surface area contributed by atoms with E-state index in [-0.39, 0.29) is 17.2 Å². The number of nitrogens with zero attached hydrogens (tertiary/aromatic N) is 5. The Bertz CT molecular complexity index is 1630. The van der Waals surface area contributed by atoms with Crippen molar-refractivity contribution in [3.8, 4) is 11.3 Å². The minimum absolute atomic E-state index is 0.188. The molecule has 1 saturated carbocycles. The zero-order valence-electron chi connectivity index (χ0n) is 19.3. The van der Waals surface area contributed by atoms with E-state index in [1.807, 2.05) is 24.3 Å². The highest BCUT2D eigenvalue weighted by molar-refractivity contribution is 5.92. The van der Waals surface area contributed by atoms with Crippen molar-refractivity contribution >= 4 is 27.9 Å². The first-order chi connectivity index (χ1) is 17.6. The molecule has 1 saturated heterocycles. The summed E-state index contributed by atoms with van der Waals surface area (Å²) in [5.74, 6) is 0.722. The molecule has 0 amide bonds. The van der Waals surface area contributed by atoms with Gasteiger partial charge < -0.3 is 10.6 Å². The number of piperidine rings is 1. The lowest BCUT2D eigenvalue weighted by Crippen LogP contribution is -2.32. The van der Waals surface area contributed by atoms with E-state index in [9.17, 15) is 8.78 Å². The van der Waals surface area contributed by atoms with Gasteiger partial charge in [0.05, 0.1) is 11.7 Å². The third kappa shape index (κ3) is 2.99. The molecule has 1 aliphatic carbocycles. The maximum atomic E-state index is 14.9. The lowest BCUT2D eigenvalue weighted by atomic mass is 9.91. The van der Waals surface area contributed by atoms with E-state index in [1.54, 1.807) is 24.5 Å². The number of nitrogens with two attached hydrogens (primary N) is 1. The molecule has 36 heavy (non-hydrogen) atoms. The summed E-state index contributed by atoms with van der Waals surface area (Å²) in [6.45, 7) is 1.92.